The standard InChI is InChI=1S/C20H24FN5S.HI/c1-22-20(23-12-5-13-27-16-10-8-15(21)9-11-16)24-14-19-25-17-6-3-4-7-18(17)26(19)2;/h3-4,6-11H,5,12-14H2,1-2H3,(H2,22,23,24);1H. The van der Waals surface area contributed by atoms with Crippen molar-refractivity contribution < 1.29 is 4.39 Å². The maximum absolute atomic E-state index is 12.9. The van der Waals surface area contributed by atoms with Crippen molar-refractivity contribution in [1.82, 2.24) is 20.2 Å². The fraction of sp³-hybridized carbons (Fsp3) is 0.300. The minimum atomic E-state index is -0.198. The van der Waals surface area contributed by atoms with Gasteiger partial charge < -0.3 is 15.2 Å². The van der Waals surface area contributed by atoms with Gasteiger partial charge in [-0.25, -0.2) is 9.37 Å². The van der Waals surface area contributed by atoms with Crippen LogP contribution in [0.25, 0.3) is 11.0 Å². The number of fused-ring (bicyclic) bond motifs is 1. The van der Waals surface area contributed by atoms with E-state index in [4.69, 9.17) is 0 Å². The predicted octanol–water partition coefficient (Wildman–Crippen LogP) is 4.18. The number of nitrogens with one attached hydrogen (secondary N) is 2. The Morgan fingerprint density at radius 1 is 1.14 bits per heavy atom. The van der Waals surface area contributed by atoms with Gasteiger partial charge in [-0.05, 0) is 48.6 Å². The number of benzene rings is 2. The topological polar surface area (TPSA) is 54.2 Å². The molecule has 0 atom stereocenters. The molecule has 0 aliphatic carbocycles. The smallest absolute Gasteiger partial charge is 0.191 e. The number of hydrogen-bond donors (Lipinski definition) is 2. The molecule has 0 saturated heterocycles. The second kappa shape index (κ2) is 11.3. The van der Waals surface area contributed by atoms with Gasteiger partial charge in [0.15, 0.2) is 5.96 Å². The van der Waals surface area contributed by atoms with Crippen molar-refractivity contribution in [1.29, 1.82) is 0 Å². The summed E-state index contributed by atoms with van der Waals surface area (Å²) >= 11 is 1.72. The molecule has 150 valence electrons. The third-order valence-electron chi connectivity index (χ3n) is 4.21. The summed E-state index contributed by atoms with van der Waals surface area (Å²) in [5, 5.41) is 6.63. The molecule has 2 N–H and O–H groups in total. The molecule has 3 rings (SSSR count). The van der Waals surface area contributed by atoms with Gasteiger partial charge >= 0.3 is 0 Å². The second-order valence-electron chi connectivity index (χ2n) is 6.08. The molecule has 2 aromatic carbocycles. The van der Waals surface area contributed by atoms with Crippen LogP contribution in [0.4, 0.5) is 4.39 Å². The van der Waals surface area contributed by atoms with Crippen molar-refractivity contribution in [3.63, 3.8) is 0 Å². The number of aromatic nitrogens is 2. The molecular formula is C20H25FIN5S. The fourth-order valence-corrected chi connectivity index (χ4v) is 3.59. The molecule has 5 nitrogen and oxygen atoms in total. The number of halogens is 2. The minimum Gasteiger partial charge on any atom is -0.356 e. The summed E-state index contributed by atoms with van der Waals surface area (Å²) in [6.45, 7) is 1.42. The molecule has 1 heterocycles. The molecule has 0 bridgehead atoms. The van der Waals surface area contributed by atoms with Crippen molar-refractivity contribution in [3.05, 3.63) is 60.2 Å². The molecule has 0 radical (unpaired) electrons. The maximum Gasteiger partial charge on any atom is 0.191 e. The van der Waals surface area contributed by atoms with E-state index in [2.05, 4.69) is 31.2 Å². The van der Waals surface area contributed by atoms with Gasteiger partial charge in [-0.3, -0.25) is 4.99 Å². The molecule has 0 fully saturated rings. The van der Waals surface area contributed by atoms with Crippen molar-refractivity contribution in [2.75, 3.05) is 19.3 Å². The molecule has 0 unspecified atom stereocenters. The molecule has 0 amide bonds. The molecule has 8 heteroatoms. The minimum absolute atomic E-state index is 0. The predicted molar refractivity (Wildman–Crippen MR) is 126 cm³/mol. The Bertz CT molecular complexity index is 911. The Hall–Kier alpha value is -1.81. The second-order valence-corrected chi connectivity index (χ2v) is 7.25. The van der Waals surface area contributed by atoms with Crippen LogP contribution in [-0.2, 0) is 13.6 Å². The lowest BCUT2D eigenvalue weighted by Crippen LogP contribution is -2.37. The van der Waals surface area contributed by atoms with E-state index in [0.717, 1.165) is 46.4 Å². The normalized spacial score (nSPS) is 11.3. The lowest BCUT2D eigenvalue weighted by atomic mass is 10.3. The largest absolute Gasteiger partial charge is 0.356 e. The first-order chi connectivity index (χ1) is 13.2. The lowest BCUT2D eigenvalue weighted by Gasteiger charge is -2.11. The summed E-state index contributed by atoms with van der Waals surface area (Å²) in [6.07, 6.45) is 0.981. The summed E-state index contributed by atoms with van der Waals surface area (Å²) in [6, 6.07) is 14.7. The first-order valence-corrected chi connectivity index (χ1v) is 9.89. The Balaban J connectivity index is 0.00000280. The van der Waals surface area contributed by atoms with Crippen LogP contribution in [0.1, 0.15) is 12.2 Å². The van der Waals surface area contributed by atoms with E-state index in [1.807, 2.05) is 37.4 Å². The summed E-state index contributed by atoms with van der Waals surface area (Å²) in [7, 11) is 3.78. The average molecular weight is 513 g/mol. The Morgan fingerprint density at radius 2 is 1.89 bits per heavy atom. The number of thioether (sulfide) groups is 1. The molecule has 28 heavy (non-hydrogen) atoms. The van der Waals surface area contributed by atoms with Gasteiger partial charge in [0, 0.05) is 25.5 Å². The van der Waals surface area contributed by atoms with Crippen molar-refractivity contribution in [2.45, 2.75) is 17.9 Å². The van der Waals surface area contributed by atoms with Gasteiger partial charge in [-0.2, -0.15) is 0 Å². The number of hydrogen-bond acceptors (Lipinski definition) is 3. The summed E-state index contributed by atoms with van der Waals surface area (Å²) in [4.78, 5) is 10.0. The number of imidazole rings is 1. The van der Waals surface area contributed by atoms with E-state index in [9.17, 15) is 4.39 Å². The summed E-state index contributed by atoms with van der Waals surface area (Å²) in [5.74, 6) is 2.48. The maximum atomic E-state index is 12.9. The van der Waals surface area contributed by atoms with Crippen LogP contribution in [0.2, 0.25) is 0 Å². The molecular weight excluding hydrogens is 488 g/mol. The Morgan fingerprint density at radius 3 is 2.61 bits per heavy atom. The van der Waals surface area contributed by atoms with Gasteiger partial charge in [-0.1, -0.05) is 12.1 Å². The summed E-state index contributed by atoms with van der Waals surface area (Å²) < 4.78 is 15.0. The van der Waals surface area contributed by atoms with Crippen LogP contribution in [0.5, 0.6) is 0 Å². The highest BCUT2D eigenvalue weighted by atomic mass is 127. The first kappa shape index (κ1) is 22.5. The Kier molecular flexibility index (Phi) is 9.04. The highest BCUT2D eigenvalue weighted by Crippen LogP contribution is 2.18. The molecule has 0 saturated carbocycles. The van der Waals surface area contributed by atoms with E-state index < -0.39 is 0 Å². The highest BCUT2D eigenvalue weighted by molar-refractivity contribution is 14.0. The van der Waals surface area contributed by atoms with Crippen LogP contribution < -0.4 is 10.6 Å². The van der Waals surface area contributed by atoms with Crippen molar-refractivity contribution in [2.24, 2.45) is 12.0 Å². The number of aryl methyl sites for hydroxylation is 1. The molecule has 0 aliphatic rings. The number of aliphatic imine (C=N–C) groups is 1. The van der Waals surface area contributed by atoms with Crippen LogP contribution in [0.15, 0.2) is 58.4 Å². The van der Waals surface area contributed by atoms with Gasteiger partial charge in [0.05, 0.1) is 17.6 Å². The van der Waals surface area contributed by atoms with Gasteiger partial charge in [0.1, 0.15) is 11.6 Å². The molecule has 3 aromatic rings. The molecule has 0 spiro atoms. The quantitative estimate of drug-likeness (QED) is 0.164. The molecule has 0 aliphatic heterocycles. The zero-order chi connectivity index (χ0) is 19.1. The van der Waals surface area contributed by atoms with Crippen LogP contribution in [-0.4, -0.2) is 34.9 Å². The van der Waals surface area contributed by atoms with Crippen molar-refractivity contribution >= 4 is 52.7 Å². The fourth-order valence-electron chi connectivity index (χ4n) is 2.74. The average Bonchev–Trinajstić information content (AvgIpc) is 3.01. The van der Waals surface area contributed by atoms with Gasteiger partial charge in [0.25, 0.3) is 0 Å². The van der Waals surface area contributed by atoms with E-state index in [1.165, 1.54) is 12.1 Å². The highest BCUT2D eigenvalue weighted by Gasteiger charge is 2.07. The zero-order valence-corrected chi connectivity index (χ0v) is 19.1. The van der Waals surface area contributed by atoms with E-state index in [1.54, 1.807) is 18.8 Å². The SMILES string of the molecule is CN=C(NCCCSc1ccc(F)cc1)NCc1nc2ccccc2n1C.I. The van der Waals surface area contributed by atoms with Gasteiger partial charge in [0.2, 0.25) is 0 Å². The number of guanidine groups is 1. The number of rotatable bonds is 7. The van der Waals surface area contributed by atoms with Gasteiger partial charge in [-0.15, -0.1) is 35.7 Å². The van der Waals surface area contributed by atoms with E-state index in [0.29, 0.717) is 6.54 Å². The van der Waals surface area contributed by atoms with Crippen LogP contribution in [0, 0.1) is 5.82 Å². The van der Waals surface area contributed by atoms with Crippen LogP contribution in [0.3, 0.4) is 0 Å². The molecule has 1 aromatic heterocycles. The van der Waals surface area contributed by atoms with E-state index in [-0.39, 0.29) is 29.8 Å². The third kappa shape index (κ3) is 6.10. The Labute approximate surface area is 186 Å². The number of para-hydroxylation sites is 2. The monoisotopic (exact) mass is 513 g/mol. The van der Waals surface area contributed by atoms with E-state index >= 15 is 0 Å². The van der Waals surface area contributed by atoms with Crippen LogP contribution >= 0.6 is 35.7 Å². The van der Waals surface area contributed by atoms with Crippen molar-refractivity contribution in [3.8, 4) is 0 Å². The summed E-state index contributed by atoms with van der Waals surface area (Å²) in [5.41, 5.74) is 2.12. The third-order valence-corrected chi connectivity index (χ3v) is 5.31. The number of nitrogens with zero attached hydrogens (tertiary/aromatic N) is 3. The first-order valence-electron chi connectivity index (χ1n) is 8.90. The lowest BCUT2D eigenvalue weighted by molar-refractivity contribution is 0.626. The zero-order valence-electron chi connectivity index (χ0n) is 16.0.